The molecule has 0 radical (unpaired) electrons. The Morgan fingerprint density at radius 1 is 1.24 bits per heavy atom. The van der Waals surface area contributed by atoms with Crippen LogP contribution in [-0.4, -0.2) is 16.1 Å². The van der Waals surface area contributed by atoms with Gasteiger partial charge in [0.15, 0.2) is 5.17 Å². The van der Waals surface area contributed by atoms with Crippen molar-refractivity contribution in [1.82, 2.24) is 10.3 Å². The number of benzene rings is 1. The van der Waals surface area contributed by atoms with Gasteiger partial charge in [0.2, 0.25) is 0 Å². The molecule has 0 bridgehead atoms. The van der Waals surface area contributed by atoms with Gasteiger partial charge in [-0.3, -0.25) is 9.78 Å². The van der Waals surface area contributed by atoms with Crippen LogP contribution < -0.4 is 5.32 Å². The summed E-state index contributed by atoms with van der Waals surface area (Å²) < 4.78 is 12.8. The largest absolute Gasteiger partial charge is 0.300 e. The number of aromatic nitrogens is 1. The van der Waals surface area contributed by atoms with Crippen molar-refractivity contribution in [3.05, 3.63) is 65.1 Å². The number of carbonyl (C=O) groups excluding carboxylic acids is 1. The molecule has 0 aliphatic carbocycles. The second-order valence-electron chi connectivity index (χ2n) is 4.24. The highest BCUT2D eigenvalue weighted by Gasteiger charge is 2.23. The molecule has 0 saturated carbocycles. The minimum absolute atomic E-state index is 0.204. The summed E-state index contributed by atoms with van der Waals surface area (Å²) in [5.74, 6) is -0.524. The number of thioether (sulfide) groups is 1. The Labute approximate surface area is 124 Å². The minimum atomic E-state index is -0.320. The molecule has 21 heavy (non-hydrogen) atoms. The van der Waals surface area contributed by atoms with Gasteiger partial charge in [0.1, 0.15) is 5.82 Å². The Morgan fingerprint density at radius 3 is 2.76 bits per heavy atom. The molecule has 104 valence electrons. The SMILES string of the molecule is O=C1NC(=Nc2ccc(F)cc2)S/C1=C/c1cccnc1. The first-order chi connectivity index (χ1) is 10.2. The van der Waals surface area contributed by atoms with E-state index in [1.54, 1.807) is 36.7 Å². The number of carbonyl (C=O) groups is 1. The summed E-state index contributed by atoms with van der Waals surface area (Å²) in [5.41, 5.74) is 1.43. The lowest BCUT2D eigenvalue weighted by molar-refractivity contribution is -0.115. The van der Waals surface area contributed by atoms with Gasteiger partial charge in [-0.15, -0.1) is 0 Å². The van der Waals surface area contributed by atoms with Gasteiger partial charge in [-0.05, 0) is 53.7 Å². The summed E-state index contributed by atoms with van der Waals surface area (Å²) >= 11 is 1.24. The molecule has 1 aliphatic heterocycles. The highest BCUT2D eigenvalue weighted by molar-refractivity contribution is 8.18. The van der Waals surface area contributed by atoms with E-state index >= 15 is 0 Å². The predicted octanol–water partition coefficient (Wildman–Crippen LogP) is 3.11. The standard InChI is InChI=1S/C15H10FN3OS/c16-11-3-5-12(6-4-11)18-15-19-14(20)13(21-15)8-10-2-1-7-17-9-10/h1-9H,(H,18,19,20)/b13-8+. The third-order valence-corrected chi connectivity index (χ3v) is 3.60. The summed E-state index contributed by atoms with van der Waals surface area (Å²) in [6.45, 7) is 0. The molecule has 1 fully saturated rings. The highest BCUT2D eigenvalue weighted by Crippen LogP contribution is 2.27. The second-order valence-corrected chi connectivity index (χ2v) is 5.28. The zero-order valence-electron chi connectivity index (χ0n) is 10.8. The van der Waals surface area contributed by atoms with Crippen molar-refractivity contribution >= 4 is 34.6 Å². The first-order valence-electron chi connectivity index (χ1n) is 6.16. The molecule has 1 amide bonds. The second kappa shape index (κ2) is 5.88. The van der Waals surface area contributed by atoms with Crippen molar-refractivity contribution in [3.8, 4) is 0 Å². The number of rotatable bonds is 2. The summed E-state index contributed by atoms with van der Waals surface area (Å²) in [7, 11) is 0. The van der Waals surface area contributed by atoms with E-state index in [0.29, 0.717) is 15.8 Å². The van der Waals surface area contributed by atoms with Crippen LogP contribution >= 0.6 is 11.8 Å². The third kappa shape index (κ3) is 3.35. The Hall–Kier alpha value is -2.47. The number of amides is 1. The molecule has 0 unspecified atom stereocenters. The third-order valence-electron chi connectivity index (χ3n) is 2.69. The number of amidine groups is 1. The van der Waals surface area contributed by atoms with Crippen LogP contribution in [-0.2, 0) is 4.79 Å². The van der Waals surface area contributed by atoms with Crippen molar-refractivity contribution in [2.45, 2.75) is 0 Å². The van der Waals surface area contributed by atoms with E-state index in [-0.39, 0.29) is 11.7 Å². The minimum Gasteiger partial charge on any atom is -0.300 e. The van der Waals surface area contributed by atoms with Crippen LogP contribution in [0.15, 0.2) is 58.7 Å². The van der Waals surface area contributed by atoms with E-state index in [1.165, 1.54) is 23.9 Å². The fourth-order valence-electron chi connectivity index (χ4n) is 1.73. The van der Waals surface area contributed by atoms with Crippen molar-refractivity contribution in [2.75, 3.05) is 0 Å². The van der Waals surface area contributed by atoms with Gasteiger partial charge in [-0.2, -0.15) is 0 Å². The van der Waals surface area contributed by atoms with Crippen molar-refractivity contribution in [2.24, 2.45) is 4.99 Å². The number of hydrogen-bond acceptors (Lipinski definition) is 4. The fourth-order valence-corrected chi connectivity index (χ4v) is 2.57. The molecule has 2 aromatic rings. The van der Waals surface area contributed by atoms with Gasteiger partial charge >= 0.3 is 0 Å². The first-order valence-corrected chi connectivity index (χ1v) is 6.97. The van der Waals surface area contributed by atoms with Gasteiger partial charge < -0.3 is 5.32 Å². The molecule has 1 aromatic carbocycles. The predicted molar refractivity (Wildman–Crippen MR) is 81.4 cm³/mol. The Kier molecular flexibility index (Phi) is 3.79. The van der Waals surface area contributed by atoms with Crippen molar-refractivity contribution < 1.29 is 9.18 Å². The number of pyridine rings is 1. The van der Waals surface area contributed by atoms with Crippen LogP contribution in [0, 0.1) is 5.82 Å². The Balaban J connectivity index is 1.81. The maximum Gasteiger partial charge on any atom is 0.264 e. The average molecular weight is 299 g/mol. The molecule has 1 aromatic heterocycles. The smallest absolute Gasteiger partial charge is 0.264 e. The van der Waals surface area contributed by atoms with E-state index in [9.17, 15) is 9.18 Å². The van der Waals surface area contributed by atoms with Gasteiger partial charge in [-0.1, -0.05) is 6.07 Å². The first kappa shape index (κ1) is 13.5. The van der Waals surface area contributed by atoms with E-state index in [4.69, 9.17) is 0 Å². The summed E-state index contributed by atoms with van der Waals surface area (Å²) in [5, 5.41) is 3.15. The topological polar surface area (TPSA) is 54.4 Å². The monoisotopic (exact) mass is 299 g/mol. The number of nitrogens with zero attached hydrogens (tertiary/aromatic N) is 2. The average Bonchev–Trinajstić information content (AvgIpc) is 2.82. The Morgan fingerprint density at radius 2 is 2.05 bits per heavy atom. The van der Waals surface area contributed by atoms with Crippen LogP contribution in [0.4, 0.5) is 10.1 Å². The number of hydrogen-bond donors (Lipinski definition) is 1. The number of aliphatic imine (C=N–C) groups is 1. The molecule has 0 atom stereocenters. The maximum absolute atomic E-state index is 12.8. The van der Waals surface area contributed by atoms with Crippen molar-refractivity contribution in [3.63, 3.8) is 0 Å². The quantitative estimate of drug-likeness (QED) is 0.867. The molecule has 1 saturated heterocycles. The van der Waals surface area contributed by atoms with E-state index in [1.807, 2.05) is 6.07 Å². The molecular weight excluding hydrogens is 289 g/mol. The molecule has 1 aliphatic rings. The number of halogens is 1. The molecule has 0 spiro atoms. The molecule has 3 rings (SSSR count). The molecular formula is C15H10FN3OS. The van der Waals surface area contributed by atoms with Crippen LogP contribution in [0.1, 0.15) is 5.56 Å². The van der Waals surface area contributed by atoms with Gasteiger partial charge in [-0.25, -0.2) is 9.38 Å². The van der Waals surface area contributed by atoms with E-state index in [0.717, 1.165) is 5.56 Å². The molecule has 2 heterocycles. The van der Waals surface area contributed by atoms with Gasteiger partial charge in [0.05, 0.1) is 10.6 Å². The van der Waals surface area contributed by atoms with Crippen LogP contribution in [0.25, 0.3) is 6.08 Å². The van der Waals surface area contributed by atoms with Crippen LogP contribution in [0.3, 0.4) is 0 Å². The zero-order chi connectivity index (χ0) is 14.7. The maximum atomic E-state index is 12.8. The van der Waals surface area contributed by atoms with Gasteiger partial charge in [0.25, 0.3) is 5.91 Å². The van der Waals surface area contributed by atoms with Crippen LogP contribution in [0.2, 0.25) is 0 Å². The van der Waals surface area contributed by atoms with Gasteiger partial charge in [0, 0.05) is 12.4 Å². The highest BCUT2D eigenvalue weighted by atomic mass is 32.2. The molecule has 4 nitrogen and oxygen atoms in total. The van der Waals surface area contributed by atoms with E-state index < -0.39 is 0 Å². The number of nitrogens with one attached hydrogen (secondary N) is 1. The Bertz CT molecular complexity index is 726. The lowest BCUT2D eigenvalue weighted by Gasteiger charge is -1.95. The fraction of sp³-hybridized carbons (Fsp3) is 0. The van der Waals surface area contributed by atoms with E-state index in [2.05, 4.69) is 15.3 Å². The lowest BCUT2D eigenvalue weighted by Crippen LogP contribution is -2.19. The normalized spacial score (nSPS) is 18.2. The molecule has 1 N–H and O–H groups in total. The summed E-state index contributed by atoms with van der Waals surface area (Å²) in [4.78, 5) is 20.7. The summed E-state index contributed by atoms with van der Waals surface area (Å²) in [6.07, 6.45) is 5.10. The zero-order valence-corrected chi connectivity index (χ0v) is 11.6. The lowest BCUT2D eigenvalue weighted by atomic mass is 10.2. The molecule has 6 heteroatoms. The van der Waals surface area contributed by atoms with Crippen LogP contribution in [0.5, 0.6) is 0 Å². The summed E-state index contributed by atoms with van der Waals surface area (Å²) in [6, 6.07) is 9.43. The van der Waals surface area contributed by atoms with Crippen molar-refractivity contribution in [1.29, 1.82) is 0 Å².